The van der Waals surface area contributed by atoms with Crippen LogP contribution in [0, 0.1) is 0 Å². The second kappa shape index (κ2) is 9.45. The molecule has 0 bridgehead atoms. The summed E-state index contributed by atoms with van der Waals surface area (Å²) in [4.78, 5) is 28.1. The second-order valence-corrected chi connectivity index (χ2v) is 9.29. The molecule has 11 heteroatoms. The average molecular weight is 499 g/mol. The number of carbonyl (C=O) groups is 1. The first-order valence-electron chi connectivity index (χ1n) is 11.8. The van der Waals surface area contributed by atoms with Crippen molar-refractivity contribution in [1.29, 1.82) is 0 Å². The molecule has 188 valence electrons. The zero-order chi connectivity index (χ0) is 25.4. The van der Waals surface area contributed by atoms with Crippen molar-refractivity contribution in [2.75, 3.05) is 18.8 Å². The van der Waals surface area contributed by atoms with E-state index in [0.29, 0.717) is 52.0 Å². The lowest BCUT2D eigenvalue weighted by Crippen LogP contribution is -2.23. The van der Waals surface area contributed by atoms with Gasteiger partial charge in [-0.15, -0.1) is 0 Å². The SMILES string of the molecule is C[C@@H](CC(=O)c1ncnc(N)c1CN1CCCC1)c1cc(C2=Nc3ccc(C(F)(F)F)cc3C2)no1. The van der Waals surface area contributed by atoms with Gasteiger partial charge in [0.2, 0.25) is 0 Å². The Labute approximate surface area is 205 Å². The lowest BCUT2D eigenvalue weighted by atomic mass is 9.97. The van der Waals surface area contributed by atoms with Crippen molar-refractivity contribution >= 4 is 23.0 Å². The van der Waals surface area contributed by atoms with Gasteiger partial charge in [0.25, 0.3) is 0 Å². The number of benzene rings is 1. The number of aliphatic imine (C=N–C) groups is 1. The minimum atomic E-state index is -4.41. The average Bonchev–Trinajstić information content (AvgIpc) is 3.59. The summed E-state index contributed by atoms with van der Waals surface area (Å²) in [5.41, 5.74) is 8.27. The molecule has 2 aliphatic rings. The molecule has 0 spiro atoms. The van der Waals surface area contributed by atoms with E-state index in [1.807, 2.05) is 6.92 Å². The van der Waals surface area contributed by atoms with E-state index in [4.69, 9.17) is 10.3 Å². The molecule has 0 unspecified atom stereocenters. The minimum Gasteiger partial charge on any atom is -0.383 e. The van der Waals surface area contributed by atoms with E-state index in [1.165, 1.54) is 12.4 Å². The summed E-state index contributed by atoms with van der Waals surface area (Å²) in [6, 6.07) is 5.18. The van der Waals surface area contributed by atoms with Crippen molar-refractivity contribution in [2.45, 2.75) is 51.2 Å². The van der Waals surface area contributed by atoms with Crippen LogP contribution in [-0.2, 0) is 19.1 Å². The van der Waals surface area contributed by atoms with Crippen LogP contribution in [0.1, 0.15) is 70.7 Å². The standard InChI is InChI=1S/C25H25F3N6O2/c1-14(8-21(35)23-17(24(29)31-13-30-23)12-34-6-2-3-7-34)22-11-20(33-36-22)19-10-15-9-16(25(26,27)28)4-5-18(15)32-19/h4-5,9,11,13-14H,2-3,6-8,10,12H2,1H3,(H2,29,30,31)/t14-/m0/s1. The maximum Gasteiger partial charge on any atom is 0.416 e. The number of rotatable bonds is 7. The van der Waals surface area contributed by atoms with E-state index >= 15 is 0 Å². The van der Waals surface area contributed by atoms with Gasteiger partial charge in [0.1, 0.15) is 29.3 Å². The number of Topliss-reactive ketones (excluding diaryl/α,β-unsaturated/α-hetero) is 1. The number of carbonyl (C=O) groups excluding carboxylic acids is 1. The molecule has 5 rings (SSSR count). The lowest BCUT2D eigenvalue weighted by molar-refractivity contribution is -0.137. The van der Waals surface area contributed by atoms with Gasteiger partial charge < -0.3 is 10.3 Å². The molecule has 1 fully saturated rings. The smallest absolute Gasteiger partial charge is 0.383 e. The van der Waals surface area contributed by atoms with Crippen LogP contribution in [0.4, 0.5) is 24.7 Å². The van der Waals surface area contributed by atoms with Crippen LogP contribution < -0.4 is 5.73 Å². The molecule has 1 saturated heterocycles. The third-order valence-electron chi connectivity index (χ3n) is 6.64. The first-order chi connectivity index (χ1) is 17.2. The molecule has 2 N–H and O–H groups in total. The fraction of sp³-hybridized carbons (Fsp3) is 0.400. The van der Waals surface area contributed by atoms with Crippen LogP contribution in [0.5, 0.6) is 0 Å². The minimum absolute atomic E-state index is 0.125. The molecule has 0 amide bonds. The number of nitrogens with zero attached hydrogens (tertiary/aromatic N) is 5. The third-order valence-corrected chi connectivity index (χ3v) is 6.64. The summed E-state index contributed by atoms with van der Waals surface area (Å²) < 4.78 is 44.6. The molecule has 3 aromatic rings. The van der Waals surface area contributed by atoms with Crippen LogP contribution in [0.3, 0.4) is 0 Å². The molecule has 1 aromatic carbocycles. The Balaban J connectivity index is 1.28. The number of ketones is 1. The van der Waals surface area contributed by atoms with Gasteiger partial charge >= 0.3 is 6.18 Å². The lowest BCUT2D eigenvalue weighted by Gasteiger charge is -2.18. The third kappa shape index (κ3) is 4.88. The number of nitrogens with two attached hydrogens (primary N) is 1. The van der Waals surface area contributed by atoms with Crippen molar-refractivity contribution in [1.82, 2.24) is 20.0 Å². The molecule has 0 aliphatic carbocycles. The number of anilines is 1. The van der Waals surface area contributed by atoms with E-state index in [-0.39, 0.29) is 24.5 Å². The molecule has 36 heavy (non-hydrogen) atoms. The highest BCUT2D eigenvalue weighted by Crippen LogP contribution is 2.36. The molecule has 1 atom stereocenters. The number of hydrogen-bond acceptors (Lipinski definition) is 8. The number of fused-ring (bicyclic) bond motifs is 1. The molecule has 8 nitrogen and oxygen atoms in total. The predicted octanol–water partition coefficient (Wildman–Crippen LogP) is 4.71. The summed E-state index contributed by atoms with van der Waals surface area (Å²) in [6.45, 7) is 4.27. The van der Waals surface area contributed by atoms with Crippen molar-refractivity contribution < 1.29 is 22.5 Å². The van der Waals surface area contributed by atoms with Gasteiger partial charge in [0, 0.05) is 36.9 Å². The van der Waals surface area contributed by atoms with Gasteiger partial charge in [-0.05, 0) is 49.7 Å². The molecular formula is C25H25F3N6O2. The highest BCUT2D eigenvalue weighted by Gasteiger charge is 2.32. The van der Waals surface area contributed by atoms with Gasteiger partial charge in [-0.25, -0.2) is 9.97 Å². The summed E-state index contributed by atoms with van der Waals surface area (Å²) in [5.74, 6) is 0.309. The number of halogens is 3. The van der Waals surface area contributed by atoms with Crippen molar-refractivity contribution in [3.63, 3.8) is 0 Å². The number of nitrogen functional groups attached to an aromatic ring is 1. The fourth-order valence-electron chi connectivity index (χ4n) is 4.65. The van der Waals surface area contributed by atoms with E-state index in [9.17, 15) is 18.0 Å². The number of likely N-dealkylation sites (tertiary alicyclic amines) is 1. The molecule has 2 aliphatic heterocycles. The number of hydrogen-bond donors (Lipinski definition) is 1. The van der Waals surface area contributed by atoms with Gasteiger partial charge in [-0.1, -0.05) is 12.1 Å². The van der Waals surface area contributed by atoms with Crippen LogP contribution >= 0.6 is 0 Å². The zero-order valence-electron chi connectivity index (χ0n) is 19.7. The monoisotopic (exact) mass is 498 g/mol. The van der Waals surface area contributed by atoms with Crippen LogP contribution in [0.2, 0.25) is 0 Å². The van der Waals surface area contributed by atoms with E-state index < -0.39 is 11.7 Å². The molecule has 2 aromatic heterocycles. The Morgan fingerprint density at radius 2 is 1.97 bits per heavy atom. The van der Waals surface area contributed by atoms with Crippen molar-refractivity contribution in [3.05, 3.63) is 64.4 Å². The summed E-state index contributed by atoms with van der Waals surface area (Å²) >= 11 is 0. The maximum atomic E-state index is 13.2. The molecular weight excluding hydrogens is 473 g/mol. The van der Waals surface area contributed by atoms with Crippen LogP contribution in [0.15, 0.2) is 40.1 Å². The fourth-order valence-corrected chi connectivity index (χ4v) is 4.65. The topological polar surface area (TPSA) is 110 Å². The summed E-state index contributed by atoms with van der Waals surface area (Å²) in [7, 11) is 0. The van der Waals surface area contributed by atoms with Gasteiger partial charge in [0.05, 0.1) is 17.0 Å². The number of aromatic nitrogens is 3. The quantitative estimate of drug-likeness (QED) is 0.470. The summed E-state index contributed by atoms with van der Waals surface area (Å²) in [5, 5.41) is 4.06. The Kier molecular flexibility index (Phi) is 6.33. The van der Waals surface area contributed by atoms with Gasteiger partial charge in [-0.2, -0.15) is 13.2 Å². The Bertz CT molecular complexity index is 1330. The Morgan fingerprint density at radius 3 is 2.72 bits per heavy atom. The van der Waals surface area contributed by atoms with E-state index in [1.54, 1.807) is 6.07 Å². The Morgan fingerprint density at radius 1 is 1.19 bits per heavy atom. The zero-order valence-corrected chi connectivity index (χ0v) is 19.7. The normalized spacial score (nSPS) is 16.7. The van der Waals surface area contributed by atoms with Gasteiger partial charge in [-0.3, -0.25) is 14.7 Å². The second-order valence-electron chi connectivity index (χ2n) is 9.29. The molecule has 0 saturated carbocycles. The highest BCUT2D eigenvalue weighted by atomic mass is 19.4. The van der Waals surface area contributed by atoms with E-state index in [0.717, 1.165) is 38.1 Å². The van der Waals surface area contributed by atoms with E-state index in [2.05, 4.69) is 25.0 Å². The van der Waals surface area contributed by atoms with Crippen molar-refractivity contribution in [3.8, 4) is 0 Å². The number of alkyl halides is 3. The highest BCUT2D eigenvalue weighted by molar-refractivity contribution is 6.05. The van der Waals surface area contributed by atoms with Crippen LogP contribution in [0.25, 0.3) is 0 Å². The largest absolute Gasteiger partial charge is 0.416 e. The first-order valence-corrected chi connectivity index (χ1v) is 11.8. The first kappa shape index (κ1) is 24.1. The Hall–Kier alpha value is -3.60. The predicted molar refractivity (Wildman–Crippen MR) is 126 cm³/mol. The molecule has 4 heterocycles. The van der Waals surface area contributed by atoms with Crippen LogP contribution in [-0.4, -0.2) is 44.6 Å². The maximum absolute atomic E-state index is 13.2. The molecule has 0 radical (unpaired) electrons. The van der Waals surface area contributed by atoms with Gasteiger partial charge in [0.15, 0.2) is 5.78 Å². The van der Waals surface area contributed by atoms with Crippen molar-refractivity contribution in [2.24, 2.45) is 4.99 Å². The summed E-state index contributed by atoms with van der Waals surface area (Å²) in [6.07, 6.45) is -0.543.